The summed E-state index contributed by atoms with van der Waals surface area (Å²) in [6, 6.07) is 8.07. The van der Waals surface area contributed by atoms with Crippen LogP contribution in [0.1, 0.15) is 28.4 Å². The Morgan fingerprint density at radius 2 is 1.90 bits per heavy atom. The minimum atomic E-state index is -0.581. The molecule has 1 atom stereocenters. The number of halogens is 4. The summed E-state index contributed by atoms with van der Waals surface area (Å²) in [5.74, 6) is -0.392. The van der Waals surface area contributed by atoms with Crippen molar-refractivity contribution in [1.82, 2.24) is 0 Å². The van der Waals surface area contributed by atoms with Crippen LogP contribution in [0.5, 0.6) is 5.75 Å². The molecule has 0 aromatic heterocycles. The Hall–Kier alpha value is -0.940. The molecule has 1 nitrogen and oxygen atoms in total. The number of hydrogen-bond acceptors (Lipinski definition) is 1. The lowest BCUT2D eigenvalue weighted by Gasteiger charge is -2.16. The molecule has 0 saturated heterocycles. The normalized spacial score (nSPS) is 12.3. The number of benzene rings is 2. The van der Waals surface area contributed by atoms with Gasteiger partial charge in [0, 0.05) is 10.0 Å². The van der Waals surface area contributed by atoms with Gasteiger partial charge in [-0.2, -0.15) is 0 Å². The minimum Gasteiger partial charge on any atom is -0.494 e. The van der Waals surface area contributed by atoms with E-state index in [9.17, 15) is 8.78 Å². The number of alkyl halides is 1. The molecule has 0 N–H and O–H groups in total. The molecule has 0 bridgehead atoms. The van der Waals surface area contributed by atoms with Gasteiger partial charge in [0.15, 0.2) is 0 Å². The zero-order chi connectivity index (χ0) is 15.6. The molecule has 2 aromatic carbocycles. The van der Waals surface area contributed by atoms with Crippen molar-refractivity contribution in [3.05, 3.63) is 63.1 Å². The van der Waals surface area contributed by atoms with Crippen molar-refractivity contribution < 1.29 is 13.5 Å². The molecular formula is C16H14Br2F2O. The fraction of sp³-hybridized carbons (Fsp3) is 0.250. The zero-order valence-electron chi connectivity index (χ0n) is 11.6. The van der Waals surface area contributed by atoms with Gasteiger partial charge in [-0.25, -0.2) is 8.78 Å². The molecule has 21 heavy (non-hydrogen) atoms. The van der Waals surface area contributed by atoms with Gasteiger partial charge in [-0.3, -0.25) is 0 Å². The largest absolute Gasteiger partial charge is 0.494 e. The Morgan fingerprint density at radius 3 is 2.52 bits per heavy atom. The van der Waals surface area contributed by atoms with Crippen molar-refractivity contribution in [2.75, 3.05) is 6.61 Å². The first-order chi connectivity index (χ1) is 9.95. The summed E-state index contributed by atoms with van der Waals surface area (Å²) in [7, 11) is 0. The van der Waals surface area contributed by atoms with Crippen LogP contribution in [0.3, 0.4) is 0 Å². The second-order valence-electron chi connectivity index (χ2n) is 4.57. The van der Waals surface area contributed by atoms with E-state index in [4.69, 9.17) is 4.74 Å². The summed E-state index contributed by atoms with van der Waals surface area (Å²) in [6.07, 6.45) is 0. The van der Waals surface area contributed by atoms with Gasteiger partial charge in [0.05, 0.1) is 11.4 Å². The number of rotatable bonds is 4. The first-order valence-corrected chi connectivity index (χ1v) is 8.17. The molecule has 0 aliphatic rings. The lowest BCUT2D eigenvalue weighted by Crippen LogP contribution is -2.03. The van der Waals surface area contributed by atoms with Crippen molar-refractivity contribution >= 4 is 31.9 Å². The van der Waals surface area contributed by atoms with E-state index in [-0.39, 0.29) is 5.56 Å². The Morgan fingerprint density at radius 1 is 1.19 bits per heavy atom. The monoisotopic (exact) mass is 418 g/mol. The molecule has 112 valence electrons. The molecule has 0 fully saturated rings. The molecule has 0 spiro atoms. The van der Waals surface area contributed by atoms with Crippen LogP contribution in [0.15, 0.2) is 34.8 Å². The predicted octanol–water partition coefficient (Wildman–Crippen LogP) is 5.92. The number of aryl methyl sites for hydroxylation is 1. The van der Waals surface area contributed by atoms with Crippen LogP contribution in [0.25, 0.3) is 0 Å². The second kappa shape index (κ2) is 6.88. The van der Waals surface area contributed by atoms with E-state index in [0.717, 1.165) is 10.0 Å². The highest BCUT2D eigenvalue weighted by atomic mass is 79.9. The molecule has 5 heteroatoms. The summed E-state index contributed by atoms with van der Waals surface area (Å²) >= 11 is 6.82. The first-order valence-electron chi connectivity index (χ1n) is 6.46. The van der Waals surface area contributed by atoms with Gasteiger partial charge < -0.3 is 4.74 Å². The van der Waals surface area contributed by atoms with Crippen LogP contribution in [0, 0.1) is 18.6 Å². The highest BCUT2D eigenvalue weighted by Gasteiger charge is 2.22. The number of hydrogen-bond donors (Lipinski definition) is 0. The molecule has 0 aliphatic heterocycles. The predicted molar refractivity (Wildman–Crippen MR) is 87.2 cm³/mol. The SMILES string of the molecule is CCOc1ccc(C(Br)c2c(F)ccc(C)c2F)c(Br)c1. The van der Waals surface area contributed by atoms with E-state index in [1.807, 2.05) is 6.92 Å². The fourth-order valence-electron chi connectivity index (χ4n) is 2.04. The van der Waals surface area contributed by atoms with Crippen molar-refractivity contribution in [3.8, 4) is 5.75 Å². The highest BCUT2D eigenvalue weighted by molar-refractivity contribution is 9.11. The van der Waals surface area contributed by atoms with Crippen molar-refractivity contribution in [1.29, 1.82) is 0 Å². The summed E-state index contributed by atoms with van der Waals surface area (Å²) in [5.41, 5.74) is 1.17. The smallest absolute Gasteiger partial charge is 0.133 e. The van der Waals surface area contributed by atoms with E-state index >= 15 is 0 Å². The quantitative estimate of drug-likeness (QED) is 0.559. The molecule has 0 aliphatic carbocycles. The average Bonchev–Trinajstić information content (AvgIpc) is 2.44. The Kier molecular flexibility index (Phi) is 5.38. The summed E-state index contributed by atoms with van der Waals surface area (Å²) in [5, 5.41) is 0. The van der Waals surface area contributed by atoms with Crippen molar-refractivity contribution in [2.24, 2.45) is 0 Å². The summed E-state index contributed by atoms with van der Waals surface area (Å²) in [6.45, 7) is 4.07. The van der Waals surface area contributed by atoms with Crippen LogP contribution < -0.4 is 4.74 Å². The van der Waals surface area contributed by atoms with E-state index in [1.54, 1.807) is 25.1 Å². The first kappa shape index (κ1) is 16.4. The van der Waals surface area contributed by atoms with Crippen molar-refractivity contribution in [3.63, 3.8) is 0 Å². The lowest BCUT2D eigenvalue weighted by atomic mass is 10.0. The van der Waals surface area contributed by atoms with Crippen LogP contribution in [-0.4, -0.2) is 6.61 Å². The lowest BCUT2D eigenvalue weighted by molar-refractivity contribution is 0.340. The van der Waals surface area contributed by atoms with E-state index in [2.05, 4.69) is 31.9 Å². The fourth-order valence-corrected chi connectivity index (χ4v) is 3.75. The van der Waals surface area contributed by atoms with E-state index < -0.39 is 16.5 Å². The molecule has 0 heterocycles. The molecule has 0 saturated carbocycles. The zero-order valence-corrected chi connectivity index (χ0v) is 14.8. The van der Waals surface area contributed by atoms with Gasteiger partial charge in [0.2, 0.25) is 0 Å². The van der Waals surface area contributed by atoms with Crippen LogP contribution >= 0.6 is 31.9 Å². The van der Waals surface area contributed by atoms with Gasteiger partial charge in [-0.05, 0) is 43.2 Å². The minimum absolute atomic E-state index is 0.0138. The third kappa shape index (κ3) is 3.46. The second-order valence-corrected chi connectivity index (χ2v) is 6.34. The number of ether oxygens (including phenoxy) is 1. The maximum Gasteiger partial charge on any atom is 0.133 e. The molecule has 2 aromatic rings. The highest BCUT2D eigenvalue weighted by Crippen LogP contribution is 2.39. The van der Waals surface area contributed by atoms with Crippen LogP contribution in [0.4, 0.5) is 8.78 Å². The Balaban J connectivity index is 2.45. The maximum absolute atomic E-state index is 14.2. The average molecular weight is 420 g/mol. The summed E-state index contributed by atoms with van der Waals surface area (Å²) in [4.78, 5) is -0.581. The molecule has 0 amide bonds. The topological polar surface area (TPSA) is 9.23 Å². The summed E-state index contributed by atoms with van der Waals surface area (Å²) < 4.78 is 34.3. The maximum atomic E-state index is 14.2. The molecular weight excluding hydrogens is 406 g/mol. The van der Waals surface area contributed by atoms with E-state index in [0.29, 0.717) is 17.9 Å². The van der Waals surface area contributed by atoms with Gasteiger partial charge in [-0.1, -0.05) is 44.0 Å². The van der Waals surface area contributed by atoms with Gasteiger partial charge in [-0.15, -0.1) is 0 Å². The van der Waals surface area contributed by atoms with Crippen LogP contribution in [0.2, 0.25) is 0 Å². The van der Waals surface area contributed by atoms with Crippen molar-refractivity contribution in [2.45, 2.75) is 18.7 Å². The standard InChI is InChI=1S/C16H14Br2F2O/c1-3-21-10-5-6-11(12(17)8-10)15(18)14-13(19)7-4-9(2)16(14)20/h4-8,15H,3H2,1-2H3. The van der Waals surface area contributed by atoms with Gasteiger partial charge in [0.1, 0.15) is 17.4 Å². The molecule has 1 unspecified atom stereocenters. The molecule has 2 rings (SSSR count). The Bertz CT molecular complexity index is 659. The van der Waals surface area contributed by atoms with Crippen LogP contribution in [-0.2, 0) is 0 Å². The van der Waals surface area contributed by atoms with Gasteiger partial charge >= 0.3 is 0 Å². The van der Waals surface area contributed by atoms with E-state index in [1.165, 1.54) is 12.1 Å². The van der Waals surface area contributed by atoms with Gasteiger partial charge in [0.25, 0.3) is 0 Å². The molecule has 0 radical (unpaired) electrons. The third-order valence-corrected chi connectivity index (χ3v) is 4.77. The third-order valence-electron chi connectivity index (χ3n) is 3.13. The Labute approximate surface area is 139 Å².